The number of rotatable bonds is 2. The molecule has 1 amide bonds. The highest BCUT2D eigenvalue weighted by molar-refractivity contribution is 7.16. The van der Waals surface area contributed by atoms with Gasteiger partial charge in [0.1, 0.15) is 17.3 Å². The van der Waals surface area contributed by atoms with E-state index in [1.54, 1.807) is 18.2 Å². The molecule has 1 unspecified atom stereocenters. The first-order valence-electron chi connectivity index (χ1n) is 8.42. The number of hydrogen-bond acceptors (Lipinski definition) is 6. The summed E-state index contributed by atoms with van der Waals surface area (Å²) in [6.07, 6.45) is 1.50. The third kappa shape index (κ3) is 1.96. The molecule has 2 aromatic heterocycles. The number of aromatic nitrogens is 1. The van der Waals surface area contributed by atoms with Gasteiger partial charge in [0, 0.05) is 17.1 Å². The van der Waals surface area contributed by atoms with Gasteiger partial charge in [-0.2, -0.15) is 0 Å². The smallest absolute Gasteiger partial charge is 0.276 e. The number of alkyl halides is 1. The molecule has 1 aromatic carbocycles. The maximum absolute atomic E-state index is 16.5. The molecule has 0 N–H and O–H groups in total. The molecule has 3 aliphatic rings. The van der Waals surface area contributed by atoms with Crippen LogP contribution in [0, 0.1) is 0 Å². The molecular weight excluding hydrogens is 407 g/mol. The molecule has 1 atom stereocenters. The molecular formula is C19H10ClFN2O4S. The van der Waals surface area contributed by atoms with Crippen LogP contribution in [0.15, 0.2) is 36.5 Å². The number of carbonyl (C=O) groups excluding carboxylic acids is 1. The SMILES string of the molecule is O=C1N(Cc2ccc(Cl)s2)c2nccc3c2C1(F)c1cc2c(cc1O3)OCO2. The van der Waals surface area contributed by atoms with Crippen LogP contribution in [-0.2, 0) is 17.0 Å². The number of thiophene rings is 1. The first-order valence-corrected chi connectivity index (χ1v) is 9.61. The van der Waals surface area contributed by atoms with E-state index in [-0.39, 0.29) is 41.8 Å². The van der Waals surface area contributed by atoms with E-state index in [1.165, 1.54) is 28.5 Å². The normalized spacial score (nSPS) is 20.8. The summed E-state index contributed by atoms with van der Waals surface area (Å²) in [4.78, 5) is 19.8. The summed E-state index contributed by atoms with van der Waals surface area (Å²) < 4.78 is 33.7. The van der Waals surface area contributed by atoms with Gasteiger partial charge in [-0.15, -0.1) is 11.3 Å². The predicted octanol–water partition coefficient (Wildman–Crippen LogP) is 4.39. The average molecular weight is 417 g/mol. The number of hydrogen-bond donors (Lipinski definition) is 0. The summed E-state index contributed by atoms with van der Waals surface area (Å²) in [5.74, 6) is 0.859. The van der Waals surface area contributed by atoms with Crippen molar-refractivity contribution in [3.8, 4) is 23.0 Å². The highest BCUT2D eigenvalue weighted by Gasteiger charge is 2.59. The molecule has 6 nitrogen and oxygen atoms in total. The van der Waals surface area contributed by atoms with Crippen molar-refractivity contribution in [2.45, 2.75) is 12.2 Å². The minimum atomic E-state index is -2.41. The largest absolute Gasteiger partial charge is 0.456 e. The fourth-order valence-electron chi connectivity index (χ4n) is 3.82. The minimum Gasteiger partial charge on any atom is -0.456 e. The van der Waals surface area contributed by atoms with Crippen molar-refractivity contribution in [3.05, 3.63) is 56.9 Å². The van der Waals surface area contributed by atoms with Crippen LogP contribution >= 0.6 is 22.9 Å². The van der Waals surface area contributed by atoms with Gasteiger partial charge < -0.3 is 14.2 Å². The zero-order chi connectivity index (χ0) is 19.0. The Morgan fingerprint density at radius 3 is 2.79 bits per heavy atom. The molecule has 0 fully saturated rings. The summed E-state index contributed by atoms with van der Waals surface area (Å²) in [7, 11) is 0. The number of pyridine rings is 1. The Bertz CT molecular complexity index is 1180. The third-order valence-electron chi connectivity index (χ3n) is 5.04. The Balaban J connectivity index is 1.54. The molecule has 0 spiro atoms. The van der Waals surface area contributed by atoms with E-state index in [0.29, 0.717) is 15.8 Å². The van der Waals surface area contributed by atoms with Crippen LogP contribution < -0.4 is 19.1 Å². The predicted molar refractivity (Wildman–Crippen MR) is 99.3 cm³/mol. The standard InChI is InChI=1S/C19H10ClFN2O4S/c20-15-2-1-9(28-15)7-23-17-16-11(3-4-22-17)27-12-6-14-13(25-8-26-14)5-10(12)19(16,21)18(23)24/h1-6H,7-8H2. The van der Waals surface area contributed by atoms with E-state index >= 15 is 4.39 Å². The molecule has 6 rings (SSSR count). The molecule has 140 valence electrons. The van der Waals surface area contributed by atoms with Crippen LogP contribution in [-0.4, -0.2) is 17.7 Å². The van der Waals surface area contributed by atoms with E-state index < -0.39 is 11.6 Å². The third-order valence-corrected chi connectivity index (χ3v) is 6.26. The van der Waals surface area contributed by atoms with Gasteiger partial charge >= 0.3 is 0 Å². The second-order valence-corrected chi connectivity index (χ2v) is 8.37. The summed E-state index contributed by atoms with van der Waals surface area (Å²) in [6, 6.07) is 8.13. The molecule has 0 saturated heterocycles. The van der Waals surface area contributed by atoms with Gasteiger partial charge in [-0.25, -0.2) is 9.37 Å². The van der Waals surface area contributed by atoms with Crippen molar-refractivity contribution in [2.24, 2.45) is 0 Å². The van der Waals surface area contributed by atoms with Crippen LogP contribution in [0.1, 0.15) is 16.0 Å². The fourth-order valence-corrected chi connectivity index (χ4v) is 4.90. The van der Waals surface area contributed by atoms with Gasteiger partial charge in [-0.05, 0) is 24.3 Å². The van der Waals surface area contributed by atoms with E-state index in [2.05, 4.69) is 4.98 Å². The van der Waals surface area contributed by atoms with Crippen molar-refractivity contribution in [3.63, 3.8) is 0 Å². The second-order valence-electron chi connectivity index (χ2n) is 6.57. The van der Waals surface area contributed by atoms with Crippen molar-refractivity contribution in [1.29, 1.82) is 0 Å². The number of ether oxygens (including phenoxy) is 3. The van der Waals surface area contributed by atoms with Gasteiger partial charge in [0.05, 0.1) is 22.0 Å². The maximum Gasteiger partial charge on any atom is 0.276 e. The molecule has 5 heterocycles. The zero-order valence-corrected chi connectivity index (χ0v) is 15.6. The van der Waals surface area contributed by atoms with E-state index in [9.17, 15) is 4.79 Å². The number of nitrogens with zero attached hydrogens (tertiary/aromatic N) is 2. The van der Waals surface area contributed by atoms with Crippen LogP contribution in [0.2, 0.25) is 4.34 Å². The van der Waals surface area contributed by atoms with Crippen LogP contribution in [0.3, 0.4) is 0 Å². The molecule has 9 heteroatoms. The molecule has 28 heavy (non-hydrogen) atoms. The summed E-state index contributed by atoms with van der Waals surface area (Å²) >= 11 is 7.34. The Labute approximate surface area is 167 Å². The van der Waals surface area contributed by atoms with Gasteiger partial charge in [0.2, 0.25) is 12.5 Å². The molecule has 0 radical (unpaired) electrons. The van der Waals surface area contributed by atoms with Gasteiger partial charge in [0.15, 0.2) is 11.5 Å². The Kier molecular flexibility index (Phi) is 3.09. The summed E-state index contributed by atoms with van der Waals surface area (Å²) in [5.41, 5.74) is -2.20. The van der Waals surface area contributed by atoms with Crippen molar-refractivity contribution in [1.82, 2.24) is 4.98 Å². The second kappa shape index (κ2) is 5.36. The Hall–Kier alpha value is -2.84. The lowest BCUT2D eigenvalue weighted by Gasteiger charge is -2.28. The summed E-state index contributed by atoms with van der Waals surface area (Å²) in [5, 5.41) is 0. The highest BCUT2D eigenvalue weighted by Crippen LogP contribution is 2.58. The first kappa shape index (κ1) is 16.1. The maximum atomic E-state index is 16.5. The lowest BCUT2D eigenvalue weighted by molar-refractivity contribution is -0.127. The first-order chi connectivity index (χ1) is 13.6. The van der Waals surface area contributed by atoms with Crippen LogP contribution in [0.25, 0.3) is 0 Å². The zero-order valence-electron chi connectivity index (χ0n) is 14.1. The van der Waals surface area contributed by atoms with Crippen LogP contribution in [0.5, 0.6) is 23.0 Å². The minimum absolute atomic E-state index is 0.0382. The van der Waals surface area contributed by atoms with E-state index in [0.717, 1.165) is 4.88 Å². The Morgan fingerprint density at radius 1 is 1.18 bits per heavy atom. The van der Waals surface area contributed by atoms with Gasteiger partial charge in [-0.3, -0.25) is 9.69 Å². The fraction of sp³-hybridized carbons (Fsp3) is 0.158. The number of halogens is 2. The topological polar surface area (TPSA) is 60.9 Å². The number of fused-ring (bicyclic) bond motifs is 3. The quantitative estimate of drug-likeness (QED) is 0.620. The average Bonchev–Trinajstić information content (AvgIpc) is 3.36. The monoisotopic (exact) mass is 416 g/mol. The van der Waals surface area contributed by atoms with Gasteiger partial charge in [0.25, 0.3) is 5.91 Å². The molecule has 0 aliphatic carbocycles. The molecule has 0 saturated carbocycles. The lowest BCUT2D eigenvalue weighted by Crippen LogP contribution is -2.38. The lowest BCUT2D eigenvalue weighted by atomic mass is 9.86. The number of amides is 1. The van der Waals surface area contributed by atoms with Crippen molar-refractivity contribution >= 4 is 34.7 Å². The molecule has 3 aliphatic heterocycles. The van der Waals surface area contributed by atoms with E-state index in [1.807, 2.05) is 6.07 Å². The molecule has 0 bridgehead atoms. The number of anilines is 1. The highest BCUT2D eigenvalue weighted by atomic mass is 35.5. The van der Waals surface area contributed by atoms with Crippen LogP contribution in [0.4, 0.5) is 10.2 Å². The number of carbonyl (C=O) groups is 1. The van der Waals surface area contributed by atoms with Gasteiger partial charge in [-0.1, -0.05) is 11.6 Å². The molecule has 3 aromatic rings. The number of benzene rings is 1. The Morgan fingerprint density at radius 2 is 2.00 bits per heavy atom. The van der Waals surface area contributed by atoms with Crippen molar-refractivity contribution in [2.75, 3.05) is 11.7 Å². The van der Waals surface area contributed by atoms with E-state index in [4.69, 9.17) is 25.8 Å². The summed E-state index contributed by atoms with van der Waals surface area (Å²) in [6.45, 7) is 0.210. The van der Waals surface area contributed by atoms with Crippen molar-refractivity contribution < 1.29 is 23.4 Å².